The molecule has 0 spiro atoms. The fraction of sp³-hybridized carbons (Fsp3) is 0.292. The van der Waals surface area contributed by atoms with E-state index in [0.717, 1.165) is 29.3 Å². The van der Waals surface area contributed by atoms with Crippen LogP contribution in [0.3, 0.4) is 0 Å². The van der Waals surface area contributed by atoms with Gasteiger partial charge in [-0.2, -0.15) is 11.3 Å². The molecule has 0 unspecified atom stereocenters. The smallest absolute Gasteiger partial charge is 0.252 e. The van der Waals surface area contributed by atoms with Crippen LogP contribution < -0.4 is 5.32 Å². The topological polar surface area (TPSA) is 32.3 Å². The van der Waals surface area contributed by atoms with Crippen molar-refractivity contribution in [1.29, 1.82) is 0 Å². The summed E-state index contributed by atoms with van der Waals surface area (Å²) >= 11 is 3.43. The molecule has 1 N–H and O–H groups in total. The van der Waals surface area contributed by atoms with Crippen LogP contribution in [0.4, 0.5) is 0 Å². The predicted octanol–water partition coefficient (Wildman–Crippen LogP) is 5.61. The summed E-state index contributed by atoms with van der Waals surface area (Å²) in [6, 6.07) is 20.8. The van der Waals surface area contributed by atoms with Crippen molar-refractivity contribution in [3.05, 3.63) is 88.1 Å². The lowest BCUT2D eigenvalue weighted by molar-refractivity contribution is 0.0935. The van der Waals surface area contributed by atoms with E-state index in [1.807, 2.05) is 30.3 Å². The van der Waals surface area contributed by atoms with Gasteiger partial charge in [-0.3, -0.25) is 9.69 Å². The second-order valence-electron chi connectivity index (χ2n) is 7.30. The van der Waals surface area contributed by atoms with Crippen LogP contribution in [0.2, 0.25) is 0 Å². The third-order valence-electron chi connectivity index (χ3n) is 5.33. The number of hydrogen-bond acceptors (Lipinski definition) is 4. The number of nitrogens with one attached hydrogen (secondary N) is 1. The van der Waals surface area contributed by atoms with Crippen LogP contribution in [0, 0.1) is 0 Å². The quantitative estimate of drug-likeness (QED) is 0.479. The SMILES string of the molecule is O=C(NC[C@H](c1ccccc1)N1CCCC1)c1ccccc1SCc1ccsc1. The van der Waals surface area contributed by atoms with E-state index in [0.29, 0.717) is 6.54 Å². The normalized spacial score (nSPS) is 15.3. The van der Waals surface area contributed by atoms with Crippen LogP contribution in [0.15, 0.2) is 76.3 Å². The molecule has 0 saturated carbocycles. The summed E-state index contributed by atoms with van der Waals surface area (Å²) in [6.07, 6.45) is 2.47. The maximum absolute atomic E-state index is 13.0. The van der Waals surface area contributed by atoms with Crippen molar-refractivity contribution < 1.29 is 4.79 Å². The zero-order chi connectivity index (χ0) is 19.9. The zero-order valence-electron chi connectivity index (χ0n) is 16.4. The van der Waals surface area contributed by atoms with E-state index in [2.05, 4.69) is 51.3 Å². The van der Waals surface area contributed by atoms with Gasteiger partial charge in [-0.05, 0) is 66.0 Å². The van der Waals surface area contributed by atoms with Gasteiger partial charge in [0.25, 0.3) is 5.91 Å². The third-order valence-corrected chi connectivity index (χ3v) is 7.20. The van der Waals surface area contributed by atoms with Crippen molar-refractivity contribution in [2.75, 3.05) is 19.6 Å². The van der Waals surface area contributed by atoms with E-state index in [1.165, 1.54) is 24.0 Å². The van der Waals surface area contributed by atoms with Crippen molar-refractivity contribution in [2.45, 2.75) is 29.5 Å². The minimum Gasteiger partial charge on any atom is -0.350 e. The van der Waals surface area contributed by atoms with Gasteiger partial charge in [0, 0.05) is 17.2 Å². The number of likely N-dealkylation sites (tertiary alicyclic amines) is 1. The molecule has 3 nitrogen and oxygen atoms in total. The molecule has 1 aliphatic heterocycles. The first kappa shape index (κ1) is 20.2. The van der Waals surface area contributed by atoms with Gasteiger partial charge in [-0.1, -0.05) is 42.5 Å². The van der Waals surface area contributed by atoms with E-state index in [4.69, 9.17) is 0 Å². The highest BCUT2D eigenvalue weighted by Crippen LogP contribution is 2.28. The molecule has 1 saturated heterocycles. The Balaban J connectivity index is 1.44. The van der Waals surface area contributed by atoms with Crippen molar-refractivity contribution in [1.82, 2.24) is 10.2 Å². The Hall–Kier alpha value is -2.08. The maximum Gasteiger partial charge on any atom is 0.252 e. The molecule has 5 heteroatoms. The molecule has 1 atom stereocenters. The molecule has 2 heterocycles. The highest BCUT2D eigenvalue weighted by molar-refractivity contribution is 7.98. The fourth-order valence-electron chi connectivity index (χ4n) is 3.79. The molecule has 0 aliphatic carbocycles. The Morgan fingerprint density at radius 2 is 1.79 bits per heavy atom. The first-order valence-corrected chi connectivity index (χ1v) is 12.0. The van der Waals surface area contributed by atoms with Gasteiger partial charge in [-0.25, -0.2) is 0 Å². The second-order valence-corrected chi connectivity index (χ2v) is 9.09. The number of carbonyl (C=O) groups excluding carboxylic acids is 1. The molecule has 3 aromatic rings. The number of nitrogens with zero attached hydrogens (tertiary/aromatic N) is 1. The summed E-state index contributed by atoms with van der Waals surface area (Å²) in [4.78, 5) is 16.6. The molecule has 2 aromatic carbocycles. The van der Waals surface area contributed by atoms with Crippen LogP contribution in [-0.4, -0.2) is 30.4 Å². The number of benzene rings is 2. The van der Waals surface area contributed by atoms with E-state index in [1.54, 1.807) is 23.1 Å². The molecule has 1 amide bonds. The van der Waals surface area contributed by atoms with Gasteiger partial charge in [0.05, 0.1) is 11.6 Å². The van der Waals surface area contributed by atoms with Gasteiger partial charge < -0.3 is 5.32 Å². The molecule has 4 rings (SSSR count). The number of thioether (sulfide) groups is 1. The van der Waals surface area contributed by atoms with Gasteiger partial charge in [-0.15, -0.1) is 11.8 Å². The number of rotatable bonds is 8. The Labute approximate surface area is 181 Å². The number of carbonyl (C=O) groups is 1. The fourth-order valence-corrected chi connectivity index (χ4v) is 5.55. The summed E-state index contributed by atoms with van der Waals surface area (Å²) in [5.74, 6) is 0.896. The molecular weight excluding hydrogens is 396 g/mol. The minimum atomic E-state index is 0.0125. The summed E-state index contributed by atoms with van der Waals surface area (Å²) < 4.78 is 0. The first-order chi connectivity index (χ1) is 14.3. The van der Waals surface area contributed by atoms with Gasteiger partial charge in [0.2, 0.25) is 0 Å². The van der Waals surface area contributed by atoms with Crippen LogP contribution in [0.1, 0.15) is 40.4 Å². The summed E-state index contributed by atoms with van der Waals surface area (Å²) in [5.41, 5.74) is 3.34. The molecule has 0 bridgehead atoms. The van der Waals surface area contributed by atoms with Gasteiger partial charge in [0.1, 0.15) is 0 Å². The van der Waals surface area contributed by atoms with Crippen LogP contribution >= 0.6 is 23.1 Å². The Morgan fingerprint density at radius 3 is 2.55 bits per heavy atom. The molecule has 1 fully saturated rings. The predicted molar refractivity (Wildman–Crippen MR) is 123 cm³/mol. The van der Waals surface area contributed by atoms with Crippen molar-refractivity contribution in [3.8, 4) is 0 Å². The van der Waals surface area contributed by atoms with E-state index in [9.17, 15) is 4.79 Å². The van der Waals surface area contributed by atoms with Crippen molar-refractivity contribution >= 4 is 29.0 Å². The molecule has 1 aromatic heterocycles. The van der Waals surface area contributed by atoms with Crippen molar-refractivity contribution in [3.63, 3.8) is 0 Å². The molecule has 1 aliphatic rings. The third kappa shape index (κ3) is 5.30. The van der Waals surface area contributed by atoms with Crippen LogP contribution in [0.25, 0.3) is 0 Å². The molecule has 0 radical (unpaired) electrons. The standard InChI is InChI=1S/C24H26N2OS2/c27-24(21-10-4-5-11-23(21)29-18-19-12-15-28-17-19)25-16-22(26-13-6-7-14-26)20-8-2-1-3-9-20/h1-5,8-12,15,17,22H,6-7,13-14,16,18H2,(H,25,27)/t22-/m1/s1. The highest BCUT2D eigenvalue weighted by Gasteiger charge is 2.24. The average molecular weight is 423 g/mol. The lowest BCUT2D eigenvalue weighted by atomic mass is 10.1. The molecule has 150 valence electrons. The number of hydrogen-bond donors (Lipinski definition) is 1. The molecular formula is C24H26N2OS2. The van der Waals surface area contributed by atoms with Gasteiger partial charge in [0.15, 0.2) is 0 Å². The Bertz CT molecular complexity index is 906. The Morgan fingerprint density at radius 1 is 1.03 bits per heavy atom. The summed E-state index contributed by atoms with van der Waals surface area (Å²) in [7, 11) is 0. The lowest BCUT2D eigenvalue weighted by Crippen LogP contribution is -2.37. The van der Waals surface area contributed by atoms with E-state index < -0.39 is 0 Å². The van der Waals surface area contributed by atoms with Crippen molar-refractivity contribution in [2.24, 2.45) is 0 Å². The maximum atomic E-state index is 13.0. The van der Waals surface area contributed by atoms with E-state index in [-0.39, 0.29) is 11.9 Å². The summed E-state index contributed by atoms with van der Waals surface area (Å²) in [5, 5.41) is 7.47. The van der Waals surface area contributed by atoms with Gasteiger partial charge >= 0.3 is 0 Å². The first-order valence-electron chi connectivity index (χ1n) is 10.1. The average Bonchev–Trinajstić information content (AvgIpc) is 3.48. The largest absolute Gasteiger partial charge is 0.350 e. The lowest BCUT2D eigenvalue weighted by Gasteiger charge is -2.28. The number of amides is 1. The van der Waals surface area contributed by atoms with Crippen LogP contribution in [0.5, 0.6) is 0 Å². The minimum absolute atomic E-state index is 0.0125. The molecule has 29 heavy (non-hydrogen) atoms. The van der Waals surface area contributed by atoms with Crippen LogP contribution in [-0.2, 0) is 5.75 Å². The monoisotopic (exact) mass is 422 g/mol. The second kappa shape index (κ2) is 10.1. The van der Waals surface area contributed by atoms with E-state index >= 15 is 0 Å². The Kier molecular flexibility index (Phi) is 7.04. The zero-order valence-corrected chi connectivity index (χ0v) is 18.1. The highest BCUT2D eigenvalue weighted by atomic mass is 32.2. The summed E-state index contributed by atoms with van der Waals surface area (Å²) in [6.45, 7) is 2.83. The number of thiophene rings is 1.